The van der Waals surface area contributed by atoms with Crippen LogP contribution in [0.3, 0.4) is 0 Å². The SMILES string of the molecule is [2H]C([2H])([2H])N(c1nc(Cl)nc2c1ccn2S(=O)(=O)c1ccc(C)cc1)C1([2H])C([2H])([2H])N(Cc2ccccc2)C([2H])([2H])C([2H])([2H])C1([2H])C([2H])([2H])[2H]. The first-order valence-corrected chi connectivity index (χ1v) is 12.5. The average Bonchev–Trinajstić information content (AvgIpc) is 3.42. The molecule has 2 aromatic carbocycles. The number of fused-ring (bicyclic) bond motifs is 1. The van der Waals surface area contributed by atoms with Gasteiger partial charge in [-0.2, -0.15) is 9.97 Å². The van der Waals surface area contributed by atoms with Gasteiger partial charge >= 0.3 is 0 Å². The van der Waals surface area contributed by atoms with Crippen LogP contribution in [0.5, 0.6) is 0 Å². The molecule has 0 amide bonds. The molecule has 2 aromatic heterocycles. The fourth-order valence-electron chi connectivity index (χ4n) is 3.65. The van der Waals surface area contributed by atoms with Gasteiger partial charge in [0.1, 0.15) is 5.82 Å². The molecule has 2 atom stereocenters. The predicted molar refractivity (Wildman–Crippen MR) is 144 cm³/mol. The maximum atomic E-state index is 13.7. The fourth-order valence-corrected chi connectivity index (χ4v) is 5.10. The second kappa shape index (κ2) is 9.84. The molecule has 3 heterocycles. The van der Waals surface area contributed by atoms with E-state index in [0.717, 1.165) is 17.8 Å². The number of anilines is 1. The van der Waals surface area contributed by atoms with Gasteiger partial charge in [-0.15, -0.1) is 0 Å². The lowest BCUT2D eigenvalue weighted by molar-refractivity contribution is 0.159. The van der Waals surface area contributed by atoms with E-state index in [0.29, 0.717) is 3.97 Å². The fraction of sp³-hybridized carbons (Fsp3) is 0.333. The summed E-state index contributed by atoms with van der Waals surface area (Å²) < 4.78 is 151. The monoisotopic (exact) mass is 537 g/mol. The van der Waals surface area contributed by atoms with E-state index in [2.05, 4.69) is 9.97 Å². The third-order valence-electron chi connectivity index (χ3n) is 5.45. The number of aromatic nitrogens is 3. The van der Waals surface area contributed by atoms with Crippen molar-refractivity contribution in [1.29, 1.82) is 0 Å². The summed E-state index contributed by atoms with van der Waals surface area (Å²) in [7, 11) is -4.48. The Morgan fingerprint density at radius 2 is 1.94 bits per heavy atom. The molecule has 0 radical (unpaired) electrons. The van der Waals surface area contributed by atoms with E-state index in [4.69, 9.17) is 25.3 Å². The minimum atomic E-state index is -4.48. The van der Waals surface area contributed by atoms with Crippen LogP contribution >= 0.6 is 11.6 Å². The lowest BCUT2D eigenvalue weighted by atomic mass is 9.92. The van der Waals surface area contributed by atoms with Gasteiger partial charge < -0.3 is 4.90 Å². The molecule has 0 saturated carbocycles. The zero-order chi connectivity index (χ0) is 37.7. The van der Waals surface area contributed by atoms with Crippen LogP contribution in [0, 0.1) is 12.8 Å². The van der Waals surface area contributed by atoms with Gasteiger partial charge in [-0.3, -0.25) is 4.90 Å². The van der Waals surface area contributed by atoms with Crippen molar-refractivity contribution >= 4 is 38.5 Å². The Morgan fingerprint density at radius 3 is 2.67 bits per heavy atom. The van der Waals surface area contributed by atoms with Crippen LogP contribution in [-0.4, -0.2) is 53.2 Å². The highest BCUT2D eigenvalue weighted by molar-refractivity contribution is 7.90. The first-order valence-electron chi connectivity index (χ1n) is 17.7. The number of aryl methyl sites for hydroxylation is 1. The highest BCUT2D eigenvalue weighted by Crippen LogP contribution is 2.32. The Hall–Kier alpha value is -2.94. The largest absolute Gasteiger partial charge is 0.354 e. The summed E-state index contributed by atoms with van der Waals surface area (Å²) in [6.07, 6.45) is -3.07. The number of hydrogen-bond acceptors (Lipinski definition) is 6. The smallest absolute Gasteiger partial charge is 0.269 e. The summed E-state index contributed by atoms with van der Waals surface area (Å²) in [5, 5.41) is -1.33. The number of hydrogen-bond donors (Lipinski definition) is 0. The second-order valence-corrected chi connectivity index (χ2v) is 10.1. The Kier molecular flexibility index (Phi) is 3.56. The summed E-state index contributed by atoms with van der Waals surface area (Å²) >= 11 is 6.22. The van der Waals surface area contributed by atoms with Crippen molar-refractivity contribution in [2.75, 3.05) is 24.9 Å². The molecule has 1 fully saturated rings. The van der Waals surface area contributed by atoms with Gasteiger partial charge in [0.2, 0.25) is 5.28 Å². The topological polar surface area (TPSA) is 71.3 Å². The van der Waals surface area contributed by atoms with Gasteiger partial charge in [0.05, 0.1) is 11.7 Å². The normalized spacial score (nSPS) is 33.7. The van der Waals surface area contributed by atoms with Crippen LogP contribution in [0.25, 0.3) is 11.0 Å². The first-order chi connectivity index (χ1) is 22.7. The number of nitrogens with zero attached hydrogens (tertiary/aromatic N) is 5. The van der Waals surface area contributed by atoms with Crippen molar-refractivity contribution < 1.29 is 27.6 Å². The van der Waals surface area contributed by atoms with Crippen LogP contribution in [0.4, 0.5) is 5.82 Å². The first kappa shape index (κ1) is 13.0. The van der Waals surface area contributed by atoms with Crippen molar-refractivity contribution in [3.63, 3.8) is 0 Å². The minimum absolute atomic E-state index is 0.173. The Morgan fingerprint density at radius 1 is 1.17 bits per heavy atom. The van der Waals surface area contributed by atoms with Crippen molar-refractivity contribution in [2.24, 2.45) is 5.89 Å². The van der Waals surface area contributed by atoms with Crippen molar-refractivity contribution in [2.45, 2.75) is 37.6 Å². The molecule has 0 bridgehead atoms. The molecule has 4 aromatic rings. The molecule has 9 heteroatoms. The van der Waals surface area contributed by atoms with Crippen LogP contribution in [0.15, 0.2) is 71.8 Å². The quantitative estimate of drug-likeness (QED) is 0.323. The Bertz CT molecular complexity index is 2040. The Labute approximate surface area is 237 Å². The van der Waals surface area contributed by atoms with Crippen LogP contribution in [-0.2, 0) is 16.6 Å². The minimum Gasteiger partial charge on any atom is -0.354 e. The predicted octanol–water partition coefficient (Wildman–Crippen LogP) is 4.98. The van der Waals surface area contributed by atoms with Gasteiger partial charge in [-0.05, 0) is 61.1 Å². The summed E-state index contributed by atoms with van der Waals surface area (Å²) in [5.74, 6) is -5.28. The summed E-state index contributed by atoms with van der Waals surface area (Å²) in [6.45, 7) is -14.5. The van der Waals surface area contributed by atoms with E-state index in [9.17, 15) is 13.9 Å². The third-order valence-corrected chi connectivity index (χ3v) is 7.30. The molecule has 1 aliphatic heterocycles. The van der Waals surface area contributed by atoms with Gasteiger partial charge in [0, 0.05) is 50.1 Å². The molecule has 36 heavy (non-hydrogen) atoms. The van der Waals surface area contributed by atoms with Gasteiger partial charge in [0.25, 0.3) is 10.0 Å². The molecule has 0 N–H and O–H groups in total. The average molecular weight is 538 g/mol. The van der Waals surface area contributed by atoms with Crippen LogP contribution < -0.4 is 4.90 Å². The number of likely N-dealkylation sites (N-methyl/N-ethyl adjacent to an activating group) is 1. The molecule has 7 nitrogen and oxygen atoms in total. The molecule has 2 unspecified atom stereocenters. The summed E-state index contributed by atoms with van der Waals surface area (Å²) in [6, 6.07) is 9.96. The number of rotatable bonds is 6. The third kappa shape index (κ3) is 4.73. The molecular formula is C27H30ClN5O2S. The summed E-state index contributed by atoms with van der Waals surface area (Å²) in [5.41, 5.74) is 0.346. The molecule has 1 saturated heterocycles. The van der Waals surface area contributed by atoms with Crippen molar-refractivity contribution in [1.82, 2.24) is 18.8 Å². The van der Waals surface area contributed by atoms with E-state index in [1.807, 2.05) is 0 Å². The van der Waals surface area contributed by atoms with Crippen molar-refractivity contribution in [3.8, 4) is 0 Å². The standard InChI is InChI=1S/C27H30ClN5O2S/c1-19-9-11-22(12-10-19)36(34,35)33-16-14-23-25(29-27(28)30-26(23)33)31(3)24-18-32(15-13-20(24)2)17-21-7-5-4-6-8-21/h4-12,14,16,20,24H,13,15,17-18H2,1-3H3/i2D3,3D3,13D2,15D2,18D2,20D,24D. The zero-order valence-electron chi connectivity index (χ0n) is 32.9. The molecule has 0 aliphatic carbocycles. The number of benzene rings is 2. The lowest BCUT2D eigenvalue weighted by Crippen LogP contribution is -2.51. The molecule has 5 rings (SSSR count). The second-order valence-electron chi connectivity index (χ2n) is 7.96. The van der Waals surface area contributed by atoms with E-state index in [1.54, 1.807) is 13.0 Å². The van der Waals surface area contributed by atoms with E-state index in [1.165, 1.54) is 48.5 Å². The zero-order valence-corrected chi connectivity index (χ0v) is 20.5. The highest BCUT2D eigenvalue weighted by atomic mass is 35.5. The van der Waals surface area contributed by atoms with Gasteiger partial charge in [-0.1, -0.05) is 54.9 Å². The molecular weight excluding hydrogens is 494 g/mol. The molecule has 188 valence electrons. The van der Waals surface area contributed by atoms with E-state index < -0.39 is 83.8 Å². The van der Waals surface area contributed by atoms with Crippen LogP contribution in [0.2, 0.25) is 5.28 Å². The number of halogens is 1. The van der Waals surface area contributed by atoms with Crippen molar-refractivity contribution in [3.05, 3.63) is 83.3 Å². The van der Waals surface area contributed by atoms with Gasteiger partial charge in [-0.25, -0.2) is 12.4 Å². The number of likely N-dealkylation sites (tertiary alicyclic amines) is 1. The molecule has 0 spiro atoms. The maximum Gasteiger partial charge on any atom is 0.269 e. The molecule has 1 aliphatic rings. The van der Waals surface area contributed by atoms with E-state index in [-0.39, 0.29) is 20.3 Å². The summed E-state index contributed by atoms with van der Waals surface area (Å²) in [4.78, 5) is 7.60. The van der Waals surface area contributed by atoms with E-state index >= 15 is 0 Å². The number of piperidine rings is 1. The highest BCUT2D eigenvalue weighted by Gasteiger charge is 2.32. The Balaban J connectivity index is 1.89. The lowest BCUT2D eigenvalue weighted by Gasteiger charge is -2.42. The maximum absolute atomic E-state index is 13.7. The van der Waals surface area contributed by atoms with Gasteiger partial charge in [0.15, 0.2) is 5.65 Å². The van der Waals surface area contributed by atoms with Crippen LogP contribution in [0.1, 0.15) is 43.5 Å².